The summed E-state index contributed by atoms with van der Waals surface area (Å²) in [7, 11) is 0. The molecule has 3 atom stereocenters. The van der Waals surface area contributed by atoms with Gasteiger partial charge in [-0.15, -0.1) is 0 Å². The molecule has 0 saturated carbocycles. The molecular weight excluding hydrogens is 376 g/mol. The van der Waals surface area contributed by atoms with E-state index >= 15 is 0 Å². The summed E-state index contributed by atoms with van der Waals surface area (Å²) in [5.41, 5.74) is 4.22. The first-order valence-electron chi connectivity index (χ1n) is 10.1. The molecule has 0 aromatic carbocycles. The van der Waals surface area contributed by atoms with Gasteiger partial charge < -0.3 is 25.5 Å². The van der Waals surface area contributed by atoms with E-state index in [1.54, 1.807) is 13.8 Å². The van der Waals surface area contributed by atoms with E-state index < -0.39 is 17.7 Å². The Bertz CT molecular complexity index is 1280. The van der Waals surface area contributed by atoms with Crippen LogP contribution in [0.15, 0.2) is 70.5 Å². The molecule has 0 saturated heterocycles. The molecule has 2 aromatic rings. The molecule has 6 heteroatoms. The molecule has 0 spiro atoms. The maximum atomic E-state index is 10.7. The van der Waals surface area contributed by atoms with Crippen LogP contribution in [0.5, 0.6) is 0 Å². The fraction of sp³-hybridized carbons (Fsp3) is 0.208. The number of aliphatic hydroxyl groups is 2. The Morgan fingerprint density at radius 2 is 1.63 bits per heavy atom. The summed E-state index contributed by atoms with van der Waals surface area (Å²) in [6, 6.07) is 8.03. The van der Waals surface area contributed by atoms with E-state index in [0.717, 1.165) is 44.8 Å². The van der Waals surface area contributed by atoms with Crippen molar-refractivity contribution in [1.82, 2.24) is 15.3 Å². The van der Waals surface area contributed by atoms with E-state index in [1.165, 1.54) is 0 Å². The van der Waals surface area contributed by atoms with Gasteiger partial charge in [-0.3, -0.25) is 0 Å². The molecule has 0 radical (unpaired) electrons. The smallest absolute Gasteiger partial charge is 0.103 e. The fourth-order valence-corrected chi connectivity index (χ4v) is 4.05. The van der Waals surface area contributed by atoms with Crippen LogP contribution in [0.3, 0.4) is 0 Å². The van der Waals surface area contributed by atoms with E-state index in [1.807, 2.05) is 66.8 Å². The molecule has 3 unspecified atom stereocenters. The van der Waals surface area contributed by atoms with E-state index in [2.05, 4.69) is 20.3 Å². The summed E-state index contributed by atoms with van der Waals surface area (Å²) < 4.78 is 0. The van der Waals surface area contributed by atoms with Gasteiger partial charge in [-0.2, -0.15) is 0 Å². The number of rotatable bonds is 2. The number of aromatic nitrogens is 2. The van der Waals surface area contributed by atoms with Crippen molar-refractivity contribution in [1.29, 1.82) is 0 Å². The van der Waals surface area contributed by atoms with Crippen LogP contribution in [0.25, 0.3) is 18.2 Å². The first kappa shape index (κ1) is 18.7. The summed E-state index contributed by atoms with van der Waals surface area (Å²) in [5, 5.41) is 26.3. The van der Waals surface area contributed by atoms with Gasteiger partial charge in [0.2, 0.25) is 0 Å². The molecular formula is C24H24N4O2. The van der Waals surface area contributed by atoms with Gasteiger partial charge in [0.1, 0.15) is 5.54 Å². The SMILES string of the molecule is CC(O)C1=CC2(C(C)O)/C=c3/cc/c([nH]3)=C/c3ccc([nH]3)/C=C3/C=CC(=N3)/C=C/1N2. The summed E-state index contributed by atoms with van der Waals surface area (Å²) in [4.78, 5) is 11.4. The van der Waals surface area contributed by atoms with Gasteiger partial charge in [0.05, 0.1) is 23.6 Å². The van der Waals surface area contributed by atoms with Crippen molar-refractivity contribution in [3.05, 3.63) is 87.6 Å². The Kier molecular flexibility index (Phi) is 4.27. The van der Waals surface area contributed by atoms with Crippen LogP contribution in [0, 0.1) is 0 Å². The first-order valence-corrected chi connectivity index (χ1v) is 10.1. The predicted molar refractivity (Wildman–Crippen MR) is 119 cm³/mol. The van der Waals surface area contributed by atoms with Gasteiger partial charge >= 0.3 is 0 Å². The van der Waals surface area contributed by atoms with Crippen LogP contribution in [0.1, 0.15) is 25.2 Å². The number of nitrogens with zero attached hydrogens (tertiary/aromatic N) is 1. The zero-order valence-electron chi connectivity index (χ0n) is 16.8. The number of H-pyrrole nitrogens is 2. The van der Waals surface area contributed by atoms with Crippen molar-refractivity contribution in [3.8, 4) is 0 Å². The predicted octanol–water partition coefficient (Wildman–Crippen LogP) is 1.23. The van der Waals surface area contributed by atoms with Gasteiger partial charge in [0.25, 0.3) is 0 Å². The minimum Gasteiger partial charge on any atom is -0.390 e. The highest BCUT2D eigenvalue weighted by atomic mass is 16.3. The van der Waals surface area contributed by atoms with Crippen molar-refractivity contribution < 1.29 is 10.2 Å². The van der Waals surface area contributed by atoms with Crippen molar-refractivity contribution in [2.24, 2.45) is 4.99 Å². The maximum Gasteiger partial charge on any atom is 0.103 e. The Hall–Kier alpha value is -3.35. The molecule has 3 aliphatic heterocycles. The molecule has 152 valence electrons. The number of aromatic amines is 2. The molecule has 30 heavy (non-hydrogen) atoms. The number of allylic oxidation sites excluding steroid dienone is 3. The largest absolute Gasteiger partial charge is 0.390 e. The maximum absolute atomic E-state index is 10.7. The zero-order valence-corrected chi connectivity index (χ0v) is 16.8. The monoisotopic (exact) mass is 400 g/mol. The van der Waals surface area contributed by atoms with Crippen LogP contribution in [0.2, 0.25) is 0 Å². The highest BCUT2D eigenvalue weighted by Gasteiger charge is 2.39. The van der Waals surface area contributed by atoms with Crippen molar-refractivity contribution in [3.63, 3.8) is 0 Å². The van der Waals surface area contributed by atoms with Gasteiger partial charge in [0, 0.05) is 33.4 Å². The minimum atomic E-state index is -0.849. The summed E-state index contributed by atoms with van der Waals surface area (Å²) in [6.45, 7) is 3.47. The van der Waals surface area contributed by atoms with Crippen LogP contribution in [-0.4, -0.2) is 43.6 Å². The van der Waals surface area contributed by atoms with Crippen LogP contribution in [-0.2, 0) is 0 Å². The Labute approximate surface area is 174 Å². The average molecular weight is 400 g/mol. The van der Waals surface area contributed by atoms with Crippen LogP contribution < -0.4 is 16.0 Å². The number of aliphatic imine (C=N–C) groups is 1. The van der Waals surface area contributed by atoms with E-state index in [9.17, 15) is 10.2 Å². The van der Waals surface area contributed by atoms with Crippen LogP contribution >= 0.6 is 0 Å². The molecule has 0 fully saturated rings. The molecule has 3 aliphatic rings. The van der Waals surface area contributed by atoms with Crippen molar-refractivity contribution in [2.75, 3.05) is 0 Å². The summed E-state index contributed by atoms with van der Waals surface area (Å²) >= 11 is 0. The molecule has 8 bridgehead atoms. The molecule has 5 N–H and O–H groups in total. The number of fused-ring (bicyclic) bond motifs is 7. The molecule has 0 amide bonds. The van der Waals surface area contributed by atoms with Gasteiger partial charge in [-0.25, -0.2) is 4.99 Å². The number of hydrogen-bond donors (Lipinski definition) is 5. The molecule has 2 aromatic heterocycles. The van der Waals surface area contributed by atoms with E-state index in [4.69, 9.17) is 0 Å². The number of hydrogen-bond acceptors (Lipinski definition) is 4. The highest BCUT2D eigenvalue weighted by molar-refractivity contribution is 6.08. The number of nitrogens with one attached hydrogen (secondary N) is 3. The second-order valence-corrected chi connectivity index (χ2v) is 8.03. The van der Waals surface area contributed by atoms with Crippen molar-refractivity contribution in [2.45, 2.75) is 31.6 Å². The van der Waals surface area contributed by atoms with Gasteiger partial charge in [0.15, 0.2) is 0 Å². The lowest BCUT2D eigenvalue weighted by molar-refractivity contribution is 0.146. The molecule has 5 rings (SSSR count). The first-order chi connectivity index (χ1) is 14.4. The molecule has 0 aliphatic carbocycles. The molecule has 5 heterocycles. The standard InChI is InChI=1S/C24H24N4O2/c1-14(29)22-13-24(15(2)30)12-21-8-7-19(27-21)10-17-4-3-16(25-17)9-18-5-6-20(26-18)11-23(22)28-24/h3-15,25,27-30H,1-2H3/b18-9-,19-10-,21-12-,23-11-. The third kappa shape index (κ3) is 3.30. The Morgan fingerprint density at radius 3 is 2.40 bits per heavy atom. The lowest BCUT2D eigenvalue weighted by Gasteiger charge is -2.28. The number of aliphatic hydroxyl groups excluding tert-OH is 2. The Balaban J connectivity index is 1.75. The lowest BCUT2D eigenvalue weighted by atomic mass is 9.93. The summed E-state index contributed by atoms with van der Waals surface area (Å²) in [5.74, 6) is 0. The second-order valence-electron chi connectivity index (χ2n) is 8.03. The topological polar surface area (TPSA) is 96.4 Å². The van der Waals surface area contributed by atoms with Crippen molar-refractivity contribution >= 4 is 23.9 Å². The normalized spacial score (nSPS) is 29.7. The Morgan fingerprint density at radius 1 is 0.867 bits per heavy atom. The van der Waals surface area contributed by atoms with Gasteiger partial charge in [-0.05, 0) is 80.6 Å². The van der Waals surface area contributed by atoms with E-state index in [-0.39, 0.29) is 0 Å². The quantitative estimate of drug-likeness (QED) is 0.525. The third-order valence-corrected chi connectivity index (χ3v) is 5.64. The van der Waals surface area contributed by atoms with Crippen LogP contribution in [0.4, 0.5) is 0 Å². The van der Waals surface area contributed by atoms with Gasteiger partial charge in [-0.1, -0.05) is 0 Å². The average Bonchev–Trinajstić information content (AvgIpc) is 3.45. The second kappa shape index (κ2) is 6.86. The highest BCUT2D eigenvalue weighted by Crippen LogP contribution is 2.31. The third-order valence-electron chi connectivity index (χ3n) is 5.64. The van der Waals surface area contributed by atoms with E-state index in [0.29, 0.717) is 0 Å². The zero-order chi connectivity index (χ0) is 20.9. The lowest BCUT2D eigenvalue weighted by Crippen LogP contribution is -2.47. The fourth-order valence-electron chi connectivity index (χ4n) is 4.05. The minimum absolute atomic E-state index is 0.689. The summed E-state index contributed by atoms with van der Waals surface area (Å²) in [6.07, 6.45) is 12.3. The molecule has 6 nitrogen and oxygen atoms in total.